The van der Waals surface area contributed by atoms with E-state index < -0.39 is 12.0 Å². The van der Waals surface area contributed by atoms with Gasteiger partial charge in [-0.2, -0.15) is 0 Å². The van der Waals surface area contributed by atoms with E-state index in [1.807, 2.05) is 0 Å². The molecule has 0 heterocycles. The molecule has 0 aromatic heterocycles. The number of hydrogen-bond donors (Lipinski definition) is 0. The van der Waals surface area contributed by atoms with Gasteiger partial charge in [-0.1, -0.05) is 44.2 Å². The minimum atomic E-state index is -2.45. The van der Waals surface area contributed by atoms with Crippen molar-refractivity contribution in [2.45, 2.75) is 44.6 Å². The van der Waals surface area contributed by atoms with Crippen LogP contribution in [0.2, 0.25) is 6.04 Å². The number of benzene rings is 1. The summed E-state index contributed by atoms with van der Waals surface area (Å²) in [7, 11) is 1.55. The zero-order chi connectivity index (χ0) is 19.4. The molecule has 1 aromatic rings. The van der Waals surface area contributed by atoms with E-state index in [0.717, 1.165) is 50.6 Å². The maximum Gasteiger partial charge on any atom is 0.341 e. The summed E-state index contributed by atoms with van der Waals surface area (Å²) < 4.78 is 11.0. The monoisotopic (exact) mass is 437 g/mol. The first-order valence-electron chi connectivity index (χ1n) is 8.58. The van der Waals surface area contributed by atoms with Gasteiger partial charge < -0.3 is 19.4 Å². The summed E-state index contributed by atoms with van der Waals surface area (Å²) in [5.74, 6) is -0.0224. The molecular formula is C18H24Cl3O4Si-. The molecule has 4 nitrogen and oxygen atoms in total. The number of hydrogen-bond acceptors (Lipinski definition) is 4. The van der Waals surface area contributed by atoms with E-state index in [2.05, 4.69) is 0 Å². The van der Waals surface area contributed by atoms with E-state index >= 15 is 0 Å². The van der Waals surface area contributed by atoms with Crippen LogP contribution in [-0.4, -0.2) is 25.7 Å². The predicted octanol–water partition coefficient (Wildman–Crippen LogP) is 4.83. The van der Waals surface area contributed by atoms with E-state index in [0.29, 0.717) is 23.7 Å². The summed E-state index contributed by atoms with van der Waals surface area (Å²) >= 11 is 17.5. The number of aliphatic carboxylic acids is 1. The molecule has 0 saturated carbocycles. The van der Waals surface area contributed by atoms with Crippen molar-refractivity contribution >= 4 is 51.3 Å². The van der Waals surface area contributed by atoms with Crippen molar-refractivity contribution in [1.29, 1.82) is 0 Å². The molecule has 0 aliphatic carbocycles. The van der Waals surface area contributed by atoms with Crippen LogP contribution in [0.3, 0.4) is 0 Å². The Kier molecular flexibility index (Phi) is 11.1. The van der Waals surface area contributed by atoms with Gasteiger partial charge in [0.1, 0.15) is 0 Å². The normalized spacial score (nSPS) is 11.7. The van der Waals surface area contributed by atoms with Crippen LogP contribution in [0, 0.1) is 0 Å². The molecule has 0 bridgehead atoms. The summed E-state index contributed by atoms with van der Waals surface area (Å²) in [6, 6.07) is 3.55. The zero-order valence-corrected chi connectivity index (χ0v) is 18.1. The summed E-state index contributed by atoms with van der Waals surface area (Å²) in [6.45, 7) is 0.603. The maximum absolute atomic E-state index is 10.5. The Morgan fingerprint density at radius 3 is 2.35 bits per heavy atom. The van der Waals surface area contributed by atoms with Gasteiger partial charge in [0.25, 0.3) is 0 Å². The summed E-state index contributed by atoms with van der Waals surface area (Å²) in [5.41, 5.74) is 0.705. The highest BCUT2D eigenvalue weighted by Gasteiger charge is 2.23. The Bertz CT molecular complexity index is 588. The second kappa shape index (κ2) is 12.5. The molecule has 1 aromatic carbocycles. The van der Waals surface area contributed by atoms with Crippen molar-refractivity contribution in [2.75, 3.05) is 13.7 Å². The minimum absolute atomic E-state index is 0.571. The molecule has 0 aliphatic heterocycles. The lowest BCUT2D eigenvalue weighted by Gasteiger charge is -2.11. The maximum atomic E-state index is 10.5. The van der Waals surface area contributed by atoms with Gasteiger partial charge in [0.15, 0.2) is 11.5 Å². The highest BCUT2D eigenvalue weighted by molar-refractivity contribution is 7.64. The fourth-order valence-corrected chi connectivity index (χ4v) is 4.24. The van der Waals surface area contributed by atoms with E-state index in [1.165, 1.54) is 6.08 Å². The molecule has 26 heavy (non-hydrogen) atoms. The van der Waals surface area contributed by atoms with Crippen LogP contribution in [0.25, 0.3) is 6.08 Å². The van der Waals surface area contributed by atoms with Crippen molar-refractivity contribution in [3.05, 3.63) is 29.8 Å². The lowest BCUT2D eigenvalue weighted by atomic mass is 10.1. The second-order valence-corrected chi connectivity index (χ2v) is 15.2. The largest absolute Gasteiger partial charge is 0.545 e. The van der Waals surface area contributed by atoms with Gasteiger partial charge in [0.05, 0.1) is 19.7 Å². The Morgan fingerprint density at radius 1 is 1.08 bits per heavy atom. The molecule has 0 aliphatic rings. The van der Waals surface area contributed by atoms with E-state index in [4.69, 9.17) is 42.7 Å². The molecule has 8 heteroatoms. The lowest BCUT2D eigenvalue weighted by Crippen LogP contribution is -2.18. The van der Waals surface area contributed by atoms with Crippen molar-refractivity contribution in [3.63, 3.8) is 0 Å². The van der Waals surface area contributed by atoms with E-state index in [9.17, 15) is 9.90 Å². The van der Waals surface area contributed by atoms with Crippen LogP contribution in [0.1, 0.15) is 44.1 Å². The average Bonchev–Trinajstić information content (AvgIpc) is 2.58. The standard InChI is InChI=1S/C18H25Cl3O4Si/c1-24-17-14-15(9-11-18(22)23)8-10-16(17)25-12-6-4-2-3-5-7-13-26(19,20)21/h8-11,14H,2-7,12-13H2,1H3,(H,22,23)/p-1/b11-9+. The Morgan fingerprint density at radius 2 is 1.73 bits per heavy atom. The van der Waals surface area contributed by atoms with Gasteiger partial charge in [0.2, 0.25) is 0 Å². The van der Waals surface area contributed by atoms with Crippen LogP contribution >= 0.6 is 33.2 Å². The molecule has 0 N–H and O–H groups in total. The van der Waals surface area contributed by atoms with Crippen LogP contribution in [0.4, 0.5) is 0 Å². The predicted molar refractivity (Wildman–Crippen MR) is 108 cm³/mol. The van der Waals surface area contributed by atoms with E-state index in [1.54, 1.807) is 25.3 Å². The third kappa shape index (κ3) is 11.0. The van der Waals surface area contributed by atoms with Crippen molar-refractivity contribution in [1.82, 2.24) is 0 Å². The Hall–Kier alpha value is -0.883. The summed E-state index contributed by atoms with van der Waals surface area (Å²) in [6.07, 6.45) is 8.81. The summed E-state index contributed by atoms with van der Waals surface area (Å²) in [5, 5.41) is 10.5. The third-order valence-corrected chi connectivity index (χ3v) is 6.33. The molecule has 1 rings (SSSR count). The highest BCUT2D eigenvalue weighted by atomic mass is 35.8. The topological polar surface area (TPSA) is 58.6 Å². The Balaban J connectivity index is 2.25. The number of unbranched alkanes of at least 4 members (excludes halogenated alkanes) is 5. The second-order valence-electron chi connectivity index (χ2n) is 5.90. The summed E-state index contributed by atoms with van der Waals surface area (Å²) in [4.78, 5) is 10.5. The smallest absolute Gasteiger partial charge is 0.341 e. The number of carboxylic acid groups (broad SMARTS) is 1. The molecule has 0 saturated heterocycles. The van der Waals surface area contributed by atoms with Crippen molar-refractivity contribution < 1.29 is 19.4 Å². The number of carbonyl (C=O) groups excluding carboxylic acids is 1. The van der Waals surface area contributed by atoms with Gasteiger partial charge in [0, 0.05) is 0 Å². The molecular weight excluding hydrogens is 415 g/mol. The van der Waals surface area contributed by atoms with Crippen LogP contribution in [0.15, 0.2) is 24.3 Å². The Labute approximate surface area is 170 Å². The quantitative estimate of drug-likeness (QED) is 0.191. The molecule has 0 radical (unpaired) electrons. The van der Waals surface area contributed by atoms with E-state index in [-0.39, 0.29) is 0 Å². The first kappa shape index (κ1) is 23.2. The number of rotatable bonds is 13. The first-order chi connectivity index (χ1) is 12.3. The van der Waals surface area contributed by atoms with Crippen LogP contribution in [-0.2, 0) is 4.79 Å². The van der Waals surface area contributed by atoms with Crippen molar-refractivity contribution in [2.24, 2.45) is 0 Å². The first-order valence-corrected chi connectivity index (χ1v) is 13.8. The highest BCUT2D eigenvalue weighted by Crippen LogP contribution is 2.29. The number of methoxy groups -OCH3 is 1. The zero-order valence-electron chi connectivity index (χ0n) is 14.8. The molecule has 0 unspecified atom stereocenters. The number of halogens is 3. The van der Waals surface area contributed by atoms with Gasteiger partial charge in [-0.3, -0.25) is 0 Å². The van der Waals surface area contributed by atoms with Crippen LogP contribution in [0.5, 0.6) is 11.5 Å². The molecule has 0 amide bonds. The van der Waals surface area contributed by atoms with Gasteiger partial charge >= 0.3 is 6.00 Å². The molecule has 0 atom stereocenters. The van der Waals surface area contributed by atoms with Gasteiger partial charge in [-0.25, -0.2) is 0 Å². The number of carboxylic acids is 1. The third-order valence-electron chi connectivity index (χ3n) is 3.71. The fraction of sp³-hybridized carbons (Fsp3) is 0.500. The molecule has 146 valence electrons. The van der Waals surface area contributed by atoms with Crippen LogP contribution < -0.4 is 14.6 Å². The van der Waals surface area contributed by atoms with Crippen molar-refractivity contribution in [3.8, 4) is 11.5 Å². The average molecular weight is 439 g/mol. The fourth-order valence-electron chi connectivity index (χ4n) is 2.39. The van der Waals surface area contributed by atoms with Gasteiger partial charge in [-0.05, 0) is 36.2 Å². The number of carbonyl (C=O) groups is 1. The lowest BCUT2D eigenvalue weighted by molar-refractivity contribution is -0.297. The molecule has 0 spiro atoms. The minimum Gasteiger partial charge on any atom is -0.545 e. The van der Waals surface area contributed by atoms with Gasteiger partial charge in [-0.15, -0.1) is 33.2 Å². The number of ether oxygens (including phenoxy) is 2. The molecule has 0 fully saturated rings. The SMILES string of the molecule is COc1cc(/C=C/C(=O)[O-])ccc1OCCCCCCCC[Si](Cl)(Cl)Cl.